The number of rotatable bonds is 3. The number of aliphatic hydroxyl groups excluding tert-OH is 1. The molecule has 0 aliphatic carbocycles. The van der Waals surface area contributed by atoms with Gasteiger partial charge in [-0.2, -0.15) is 23.1 Å². The second-order valence-corrected chi connectivity index (χ2v) is 8.62. The number of anilines is 1. The van der Waals surface area contributed by atoms with Gasteiger partial charge in [0.15, 0.2) is 17.5 Å². The van der Waals surface area contributed by atoms with E-state index >= 15 is 4.39 Å². The number of aromatic amines is 1. The molecule has 1 unspecified atom stereocenters. The van der Waals surface area contributed by atoms with E-state index < -0.39 is 48.1 Å². The molecular weight excluding hydrogens is 493 g/mol. The summed E-state index contributed by atoms with van der Waals surface area (Å²) >= 11 is 6.16. The van der Waals surface area contributed by atoms with E-state index in [2.05, 4.69) is 19.9 Å². The van der Waals surface area contributed by atoms with Crippen molar-refractivity contribution in [2.45, 2.75) is 32.2 Å². The maximum absolute atomic E-state index is 15.3. The van der Waals surface area contributed by atoms with Crippen LogP contribution in [0.15, 0.2) is 30.3 Å². The number of alkyl halides is 3. The van der Waals surface area contributed by atoms with Crippen LogP contribution in [-0.4, -0.2) is 31.6 Å². The van der Waals surface area contributed by atoms with E-state index in [-0.39, 0.29) is 17.7 Å². The molecule has 0 spiro atoms. The van der Waals surface area contributed by atoms with Gasteiger partial charge in [-0.05, 0) is 42.7 Å². The number of H-pyrrole nitrogens is 1. The standard InChI is InChI=1S/C23H17ClF5N5O/c1-10-2-4-13(18(26)17(10)25)20-19-12(14-8-11(24)3-5-15(14)30-19)6-7-34(20)22-32-16(9-35)31-21(33-22)23(27,28)29/h2-5,8,20,30,35H,6-7,9H2,1H3. The molecule has 2 aromatic carbocycles. The van der Waals surface area contributed by atoms with Gasteiger partial charge in [-0.25, -0.2) is 13.8 Å². The van der Waals surface area contributed by atoms with Crippen LogP contribution in [0.1, 0.15) is 40.1 Å². The van der Waals surface area contributed by atoms with Crippen LogP contribution in [0.4, 0.5) is 27.9 Å². The zero-order valence-electron chi connectivity index (χ0n) is 18.1. The highest BCUT2D eigenvalue weighted by atomic mass is 35.5. The maximum Gasteiger partial charge on any atom is 0.451 e. The average Bonchev–Trinajstić information content (AvgIpc) is 3.19. The van der Waals surface area contributed by atoms with Gasteiger partial charge < -0.3 is 15.0 Å². The molecule has 1 aliphatic heterocycles. The van der Waals surface area contributed by atoms with E-state index in [9.17, 15) is 22.7 Å². The molecule has 0 saturated carbocycles. The lowest BCUT2D eigenvalue weighted by atomic mass is 9.91. The van der Waals surface area contributed by atoms with Crippen LogP contribution in [0, 0.1) is 18.6 Å². The molecule has 0 saturated heterocycles. The molecular formula is C23H17ClF5N5O. The second-order valence-electron chi connectivity index (χ2n) is 8.18. The minimum Gasteiger partial charge on any atom is -0.388 e. The zero-order valence-corrected chi connectivity index (χ0v) is 18.8. The van der Waals surface area contributed by atoms with Crippen LogP contribution in [0.3, 0.4) is 0 Å². The topological polar surface area (TPSA) is 77.9 Å². The Labute approximate surface area is 200 Å². The van der Waals surface area contributed by atoms with Crippen molar-refractivity contribution in [1.29, 1.82) is 0 Å². The van der Waals surface area contributed by atoms with Crippen LogP contribution in [0.2, 0.25) is 5.02 Å². The molecule has 0 amide bonds. The Morgan fingerprint density at radius 1 is 1.11 bits per heavy atom. The van der Waals surface area contributed by atoms with Gasteiger partial charge in [-0.1, -0.05) is 23.7 Å². The van der Waals surface area contributed by atoms with E-state index in [1.54, 1.807) is 18.2 Å². The van der Waals surface area contributed by atoms with Crippen molar-refractivity contribution in [1.82, 2.24) is 19.9 Å². The summed E-state index contributed by atoms with van der Waals surface area (Å²) in [6, 6.07) is 6.83. The lowest BCUT2D eigenvalue weighted by Crippen LogP contribution is -2.38. The molecule has 12 heteroatoms. The highest BCUT2D eigenvalue weighted by Gasteiger charge is 2.39. The number of aromatic nitrogens is 4. The van der Waals surface area contributed by atoms with Gasteiger partial charge in [0, 0.05) is 33.7 Å². The number of nitrogens with zero attached hydrogens (tertiary/aromatic N) is 4. The summed E-state index contributed by atoms with van der Waals surface area (Å²) in [7, 11) is 0. The van der Waals surface area contributed by atoms with Crippen LogP contribution in [0.25, 0.3) is 10.9 Å². The van der Waals surface area contributed by atoms with E-state index in [1.807, 2.05) is 0 Å². The molecule has 0 bridgehead atoms. The number of hydrogen-bond donors (Lipinski definition) is 2. The van der Waals surface area contributed by atoms with Gasteiger partial charge in [0.05, 0.1) is 0 Å². The molecule has 182 valence electrons. The minimum atomic E-state index is -4.91. The summed E-state index contributed by atoms with van der Waals surface area (Å²) in [5, 5.41) is 10.7. The first-order valence-corrected chi connectivity index (χ1v) is 10.9. The second kappa shape index (κ2) is 8.42. The molecule has 6 nitrogen and oxygen atoms in total. The molecule has 35 heavy (non-hydrogen) atoms. The lowest BCUT2D eigenvalue weighted by Gasteiger charge is -2.36. The Morgan fingerprint density at radius 2 is 1.89 bits per heavy atom. The predicted molar refractivity (Wildman–Crippen MR) is 118 cm³/mol. The molecule has 0 radical (unpaired) electrons. The van der Waals surface area contributed by atoms with E-state index in [1.165, 1.54) is 24.0 Å². The van der Waals surface area contributed by atoms with E-state index in [0.717, 1.165) is 10.9 Å². The lowest BCUT2D eigenvalue weighted by molar-refractivity contribution is -0.145. The Bertz CT molecular complexity index is 1450. The Balaban J connectivity index is 1.76. The van der Waals surface area contributed by atoms with Crippen LogP contribution in [0.5, 0.6) is 0 Å². The first-order chi connectivity index (χ1) is 16.6. The van der Waals surface area contributed by atoms with Crippen molar-refractivity contribution in [3.63, 3.8) is 0 Å². The van der Waals surface area contributed by atoms with Crippen LogP contribution >= 0.6 is 11.6 Å². The average molecular weight is 510 g/mol. The van der Waals surface area contributed by atoms with Gasteiger partial charge in [-0.15, -0.1) is 0 Å². The van der Waals surface area contributed by atoms with Gasteiger partial charge in [0.25, 0.3) is 0 Å². The van der Waals surface area contributed by atoms with Crippen molar-refractivity contribution in [3.05, 3.63) is 81.0 Å². The molecule has 1 aliphatic rings. The van der Waals surface area contributed by atoms with E-state index in [0.29, 0.717) is 22.7 Å². The monoisotopic (exact) mass is 509 g/mol. The number of benzene rings is 2. The Morgan fingerprint density at radius 3 is 2.60 bits per heavy atom. The highest BCUT2D eigenvalue weighted by molar-refractivity contribution is 6.31. The summed E-state index contributed by atoms with van der Waals surface area (Å²) < 4.78 is 70.3. The Kier molecular flexibility index (Phi) is 5.64. The first kappa shape index (κ1) is 23.4. The molecule has 2 aromatic heterocycles. The molecule has 4 aromatic rings. The first-order valence-electron chi connectivity index (χ1n) is 10.5. The van der Waals surface area contributed by atoms with Crippen molar-refractivity contribution in [2.24, 2.45) is 0 Å². The third kappa shape index (κ3) is 3.98. The molecule has 1 atom stereocenters. The van der Waals surface area contributed by atoms with Crippen molar-refractivity contribution < 1.29 is 27.1 Å². The number of fused-ring (bicyclic) bond motifs is 3. The summed E-state index contributed by atoms with van der Waals surface area (Å²) in [5.74, 6) is -4.58. The highest BCUT2D eigenvalue weighted by Crippen LogP contribution is 2.42. The predicted octanol–water partition coefficient (Wildman–Crippen LogP) is 5.26. The number of aryl methyl sites for hydroxylation is 1. The van der Waals surface area contributed by atoms with Crippen LogP contribution in [-0.2, 0) is 19.2 Å². The van der Waals surface area contributed by atoms with Gasteiger partial charge in [-0.3, -0.25) is 0 Å². The quantitative estimate of drug-likeness (QED) is 0.369. The summed E-state index contributed by atoms with van der Waals surface area (Å²) in [6.45, 7) is 0.630. The van der Waals surface area contributed by atoms with Crippen molar-refractivity contribution in [3.8, 4) is 0 Å². The number of halogens is 6. The maximum atomic E-state index is 15.3. The third-order valence-corrected chi connectivity index (χ3v) is 6.25. The molecule has 5 rings (SSSR count). The fourth-order valence-electron chi connectivity index (χ4n) is 4.40. The Hall–Kier alpha value is -3.31. The van der Waals surface area contributed by atoms with E-state index in [4.69, 9.17) is 11.6 Å². The normalized spacial score (nSPS) is 16.1. The number of hydrogen-bond acceptors (Lipinski definition) is 5. The number of aliphatic hydroxyl groups is 1. The molecule has 3 heterocycles. The SMILES string of the molecule is Cc1ccc(C2c3[nH]c4ccc(Cl)cc4c3CCN2c2nc(CO)nc(C(F)(F)F)n2)c(F)c1F. The summed E-state index contributed by atoms with van der Waals surface area (Å²) in [4.78, 5) is 15.4. The largest absolute Gasteiger partial charge is 0.451 e. The van der Waals surface area contributed by atoms with Gasteiger partial charge in [0.1, 0.15) is 12.6 Å². The summed E-state index contributed by atoms with van der Waals surface area (Å²) in [5.41, 5.74) is 1.89. The fraction of sp³-hybridized carbons (Fsp3) is 0.261. The van der Waals surface area contributed by atoms with Crippen LogP contribution < -0.4 is 4.90 Å². The van der Waals surface area contributed by atoms with Gasteiger partial charge >= 0.3 is 6.18 Å². The fourth-order valence-corrected chi connectivity index (χ4v) is 4.58. The smallest absolute Gasteiger partial charge is 0.388 e. The summed E-state index contributed by atoms with van der Waals surface area (Å²) in [6.07, 6.45) is -4.57. The zero-order chi connectivity index (χ0) is 25.1. The van der Waals surface area contributed by atoms with Gasteiger partial charge in [0.2, 0.25) is 11.8 Å². The van der Waals surface area contributed by atoms with Crippen molar-refractivity contribution in [2.75, 3.05) is 11.4 Å². The third-order valence-electron chi connectivity index (χ3n) is 6.01. The molecule has 0 fully saturated rings. The number of nitrogens with one attached hydrogen (secondary N) is 1. The molecule has 2 N–H and O–H groups in total. The van der Waals surface area contributed by atoms with Crippen molar-refractivity contribution >= 4 is 28.5 Å². The minimum absolute atomic E-state index is 0.0816.